The highest BCUT2D eigenvalue weighted by molar-refractivity contribution is 5.93. The van der Waals surface area contributed by atoms with E-state index in [1.54, 1.807) is 6.07 Å². The molecule has 1 atom stereocenters. The lowest BCUT2D eigenvalue weighted by molar-refractivity contribution is -0.116. The van der Waals surface area contributed by atoms with Crippen molar-refractivity contribution in [3.63, 3.8) is 0 Å². The first kappa shape index (κ1) is 13.6. The van der Waals surface area contributed by atoms with Gasteiger partial charge in [-0.1, -0.05) is 19.8 Å². The molecule has 0 bridgehead atoms. The van der Waals surface area contributed by atoms with Crippen molar-refractivity contribution in [1.29, 1.82) is 0 Å². The van der Waals surface area contributed by atoms with Crippen LogP contribution in [0.5, 0.6) is 0 Å². The van der Waals surface area contributed by atoms with Gasteiger partial charge in [0.2, 0.25) is 5.91 Å². The minimum absolute atomic E-state index is 0.0760. The molecule has 1 aliphatic heterocycles. The van der Waals surface area contributed by atoms with E-state index in [0.717, 1.165) is 31.2 Å². The first-order valence-corrected chi connectivity index (χ1v) is 7.30. The summed E-state index contributed by atoms with van der Waals surface area (Å²) in [7, 11) is 0. The fourth-order valence-electron chi connectivity index (χ4n) is 3.46. The standard InChI is InChI=1S/C16H20FNO2/c1-16(6-2-3-7-16)15(20)11-8-10-4-5-14(19)18-13(10)9-12(11)17/h8-9,15,20H,2-7H2,1H3,(H,18,19). The third kappa shape index (κ3) is 2.22. The van der Waals surface area contributed by atoms with Crippen molar-refractivity contribution < 1.29 is 14.3 Å². The number of aliphatic hydroxyl groups excluding tert-OH is 1. The molecule has 1 heterocycles. The Morgan fingerprint density at radius 2 is 2.00 bits per heavy atom. The maximum absolute atomic E-state index is 14.3. The molecule has 0 aromatic heterocycles. The third-order valence-electron chi connectivity index (χ3n) is 4.82. The van der Waals surface area contributed by atoms with Crippen molar-refractivity contribution >= 4 is 11.6 Å². The number of amides is 1. The van der Waals surface area contributed by atoms with E-state index in [9.17, 15) is 14.3 Å². The van der Waals surface area contributed by atoms with Crippen molar-refractivity contribution in [2.75, 3.05) is 5.32 Å². The molecule has 1 aromatic rings. The maximum Gasteiger partial charge on any atom is 0.224 e. The van der Waals surface area contributed by atoms with Gasteiger partial charge in [0.1, 0.15) is 5.82 Å². The quantitative estimate of drug-likeness (QED) is 0.871. The van der Waals surface area contributed by atoms with E-state index in [4.69, 9.17) is 0 Å². The van der Waals surface area contributed by atoms with E-state index in [-0.39, 0.29) is 11.3 Å². The molecular weight excluding hydrogens is 257 g/mol. The maximum atomic E-state index is 14.3. The SMILES string of the molecule is CC1(C(O)c2cc3c(cc2F)NC(=O)CC3)CCCC1. The summed E-state index contributed by atoms with van der Waals surface area (Å²) in [6.45, 7) is 2.03. The predicted molar refractivity (Wildman–Crippen MR) is 74.9 cm³/mol. The summed E-state index contributed by atoms with van der Waals surface area (Å²) >= 11 is 0. The average Bonchev–Trinajstić information content (AvgIpc) is 2.85. The summed E-state index contributed by atoms with van der Waals surface area (Å²) < 4.78 is 14.3. The Kier molecular flexibility index (Phi) is 3.28. The van der Waals surface area contributed by atoms with E-state index < -0.39 is 11.9 Å². The number of carbonyl (C=O) groups is 1. The number of aliphatic hydroxyl groups is 1. The molecule has 1 aromatic carbocycles. The lowest BCUT2D eigenvalue weighted by Gasteiger charge is -2.31. The number of halogens is 1. The molecule has 0 spiro atoms. The topological polar surface area (TPSA) is 49.3 Å². The third-order valence-corrected chi connectivity index (χ3v) is 4.82. The second-order valence-electron chi connectivity index (χ2n) is 6.34. The van der Waals surface area contributed by atoms with Gasteiger partial charge in [-0.3, -0.25) is 4.79 Å². The van der Waals surface area contributed by atoms with Crippen LogP contribution in [0.25, 0.3) is 0 Å². The second kappa shape index (κ2) is 4.85. The summed E-state index contributed by atoms with van der Waals surface area (Å²) in [6, 6.07) is 3.08. The Balaban J connectivity index is 1.96. The molecule has 2 N–H and O–H groups in total. The molecule has 2 aliphatic rings. The minimum Gasteiger partial charge on any atom is -0.388 e. The van der Waals surface area contributed by atoms with Gasteiger partial charge in [0.15, 0.2) is 0 Å². The van der Waals surface area contributed by atoms with Crippen LogP contribution in [0.3, 0.4) is 0 Å². The van der Waals surface area contributed by atoms with Crippen molar-refractivity contribution in [3.05, 3.63) is 29.1 Å². The van der Waals surface area contributed by atoms with Gasteiger partial charge in [-0.2, -0.15) is 0 Å². The van der Waals surface area contributed by atoms with Crippen LogP contribution in [0.4, 0.5) is 10.1 Å². The van der Waals surface area contributed by atoms with Gasteiger partial charge in [0.05, 0.1) is 6.10 Å². The molecule has 1 unspecified atom stereocenters. The lowest BCUT2D eigenvalue weighted by Crippen LogP contribution is -2.24. The van der Waals surface area contributed by atoms with Gasteiger partial charge in [0, 0.05) is 17.7 Å². The monoisotopic (exact) mass is 277 g/mol. The van der Waals surface area contributed by atoms with E-state index in [1.807, 2.05) is 6.92 Å². The number of anilines is 1. The highest BCUT2D eigenvalue weighted by Gasteiger charge is 2.38. The van der Waals surface area contributed by atoms with Gasteiger partial charge >= 0.3 is 0 Å². The molecule has 4 heteroatoms. The number of aryl methyl sites for hydroxylation is 1. The summed E-state index contributed by atoms with van der Waals surface area (Å²) in [4.78, 5) is 11.3. The molecule has 3 rings (SSSR count). The van der Waals surface area contributed by atoms with E-state index in [2.05, 4.69) is 5.32 Å². The Hall–Kier alpha value is -1.42. The van der Waals surface area contributed by atoms with Crippen molar-refractivity contribution in [2.45, 2.75) is 51.6 Å². The predicted octanol–water partition coefficient (Wildman–Crippen LogP) is 3.32. The van der Waals surface area contributed by atoms with Crippen LogP contribution in [0, 0.1) is 11.2 Å². The molecule has 1 amide bonds. The number of fused-ring (bicyclic) bond motifs is 1. The van der Waals surface area contributed by atoms with Crippen LogP contribution in [0.15, 0.2) is 12.1 Å². The zero-order valence-electron chi connectivity index (χ0n) is 11.7. The van der Waals surface area contributed by atoms with E-state index >= 15 is 0 Å². The summed E-state index contributed by atoms with van der Waals surface area (Å²) in [5.74, 6) is -0.500. The fraction of sp³-hybridized carbons (Fsp3) is 0.562. The van der Waals surface area contributed by atoms with Crippen LogP contribution in [-0.4, -0.2) is 11.0 Å². The van der Waals surface area contributed by atoms with Crippen LogP contribution in [0.2, 0.25) is 0 Å². The van der Waals surface area contributed by atoms with E-state index in [1.165, 1.54) is 6.07 Å². The molecule has 1 aliphatic carbocycles. The average molecular weight is 277 g/mol. The summed E-state index contributed by atoms with van der Waals surface area (Å²) in [6.07, 6.45) is 4.31. The number of nitrogens with one attached hydrogen (secondary N) is 1. The number of rotatable bonds is 2. The number of carbonyl (C=O) groups excluding carboxylic acids is 1. The highest BCUT2D eigenvalue weighted by atomic mass is 19.1. The molecular formula is C16H20FNO2. The molecule has 0 saturated heterocycles. The summed E-state index contributed by atoms with van der Waals surface area (Å²) in [5, 5.41) is 13.3. The fourth-order valence-corrected chi connectivity index (χ4v) is 3.46. The number of benzene rings is 1. The zero-order valence-corrected chi connectivity index (χ0v) is 11.7. The van der Waals surface area contributed by atoms with Crippen molar-refractivity contribution in [2.24, 2.45) is 5.41 Å². The molecule has 108 valence electrons. The lowest BCUT2D eigenvalue weighted by atomic mass is 9.78. The van der Waals surface area contributed by atoms with Crippen LogP contribution < -0.4 is 5.32 Å². The van der Waals surface area contributed by atoms with Crippen LogP contribution in [-0.2, 0) is 11.2 Å². The van der Waals surface area contributed by atoms with Gasteiger partial charge in [-0.25, -0.2) is 4.39 Å². The zero-order chi connectivity index (χ0) is 14.3. The highest BCUT2D eigenvalue weighted by Crippen LogP contribution is 2.48. The van der Waals surface area contributed by atoms with Crippen LogP contribution in [0.1, 0.15) is 56.3 Å². The Morgan fingerprint density at radius 3 is 2.70 bits per heavy atom. The molecule has 1 fully saturated rings. The van der Waals surface area contributed by atoms with E-state index in [0.29, 0.717) is 24.1 Å². The molecule has 0 radical (unpaired) electrons. The number of hydrogen-bond donors (Lipinski definition) is 2. The Labute approximate surface area is 118 Å². The smallest absolute Gasteiger partial charge is 0.224 e. The Bertz CT molecular complexity index is 550. The van der Waals surface area contributed by atoms with Crippen LogP contribution >= 0.6 is 0 Å². The van der Waals surface area contributed by atoms with Gasteiger partial charge < -0.3 is 10.4 Å². The second-order valence-corrected chi connectivity index (χ2v) is 6.34. The van der Waals surface area contributed by atoms with Gasteiger partial charge in [-0.05, 0) is 42.4 Å². The summed E-state index contributed by atoms with van der Waals surface area (Å²) in [5.41, 5.74) is 1.62. The van der Waals surface area contributed by atoms with Gasteiger partial charge in [-0.15, -0.1) is 0 Å². The van der Waals surface area contributed by atoms with Crippen molar-refractivity contribution in [1.82, 2.24) is 0 Å². The minimum atomic E-state index is -0.770. The normalized spacial score (nSPS) is 22.2. The number of hydrogen-bond acceptors (Lipinski definition) is 2. The molecule has 1 saturated carbocycles. The van der Waals surface area contributed by atoms with Crippen molar-refractivity contribution in [3.8, 4) is 0 Å². The Morgan fingerprint density at radius 1 is 1.30 bits per heavy atom. The first-order chi connectivity index (χ1) is 9.49. The molecule has 3 nitrogen and oxygen atoms in total. The van der Waals surface area contributed by atoms with Gasteiger partial charge in [0.25, 0.3) is 0 Å². The largest absolute Gasteiger partial charge is 0.388 e. The first-order valence-electron chi connectivity index (χ1n) is 7.30. The molecule has 20 heavy (non-hydrogen) atoms.